The fraction of sp³-hybridized carbons (Fsp3) is 0.933. The van der Waals surface area contributed by atoms with E-state index in [1.54, 1.807) is 0 Å². The van der Waals surface area contributed by atoms with Crippen LogP contribution in [0.3, 0.4) is 0 Å². The summed E-state index contributed by atoms with van der Waals surface area (Å²) in [7, 11) is 0. The van der Waals surface area contributed by atoms with Gasteiger partial charge in [0.25, 0.3) is 0 Å². The number of amides is 1. The van der Waals surface area contributed by atoms with Gasteiger partial charge in [-0.3, -0.25) is 4.79 Å². The largest absolute Gasteiger partial charge is 0.342 e. The number of carbonyl (C=O) groups is 1. The number of rotatable bonds is 4. The summed E-state index contributed by atoms with van der Waals surface area (Å²) in [6, 6.07) is 0. The molecule has 0 aromatic rings. The first-order chi connectivity index (χ1) is 9.19. The molecule has 0 N–H and O–H groups in total. The number of nitrogens with zero attached hydrogens (tertiary/aromatic N) is 3. The van der Waals surface area contributed by atoms with E-state index in [9.17, 15) is 4.79 Å². The van der Waals surface area contributed by atoms with Gasteiger partial charge in [-0.2, -0.15) is 0 Å². The van der Waals surface area contributed by atoms with Gasteiger partial charge in [-0.25, -0.2) is 0 Å². The SMILES string of the molecule is CCN1CCN(CCC(=O)N2CCCC(C)C2)CC1. The third-order valence-corrected chi connectivity index (χ3v) is 4.56. The van der Waals surface area contributed by atoms with Gasteiger partial charge in [0.1, 0.15) is 0 Å². The molecule has 1 amide bonds. The van der Waals surface area contributed by atoms with E-state index in [0.717, 1.165) is 52.4 Å². The van der Waals surface area contributed by atoms with Crippen molar-refractivity contribution >= 4 is 5.91 Å². The maximum Gasteiger partial charge on any atom is 0.223 e. The number of carbonyl (C=O) groups excluding carboxylic acids is 1. The van der Waals surface area contributed by atoms with Gasteiger partial charge in [-0.1, -0.05) is 13.8 Å². The van der Waals surface area contributed by atoms with Crippen molar-refractivity contribution in [2.45, 2.75) is 33.1 Å². The van der Waals surface area contributed by atoms with Crippen LogP contribution in [0.2, 0.25) is 0 Å². The summed E-state index contributed by atoms with van der Waals surface area (Å²) < 4.78 is 0. The molecular weight excluding hydrogens is 238 g/mol. The van der Waals surface area contributed by atoms with Crippen LogP contribution in [0, 0.1) is 5.92 Å². The third kappa shape index (κ3) is 4.46. The first-order valence-electron chi connectivity index (χ1n) is 7.91. The number of likely N-dealkylation sites (tertiary alicyclic amines) is 1. The van der Waals surface area contributed by atoms with Crippen LogP contribution in [-0.2, 0) is 4.79 Å². The van der Waals surface area contributed by atoms with Crippen molar-refractivity contribution in [3.8, 4) is 0 Å². The number of hydrogen-bond acceptors (Lipinski definition) is 3. The van der Waals surface area contributed by atoms with E-state index in [1.807, 2.05) is 0 Å². The fourth-order valence-corrected chi connectivity index (χ4v) is 3.16. The number of likely N-dealkylation sites (N-methyl/N-ethyl adjacent to an activating group) is 1. The molecule has 19 heavy (non-hydrogen) atoms. The zero-order chi connectivity index (χ0) is 13.7. The maximum absolute atomic E-state index is 12.2. The van der Waals surface area contributed by atoms with Crippen LogP contribution in [0.25, 0.3) is 0 Å². The molecule has 2 rings (SSSR count). The highest BCUT2D eigenvalue weighted by molar-refractivity contribution is 5.76. The second-order valence-corrected chi connectivity index (χ2v) is 6.11. The van der Waals surface area contributed by atoms with E-state index in [0.29, 0.717) is 18.2 Å². The molecule has 4 heteroatoms. The molecule has 2 aliphatic heterocycles. The summed E-state index contributed by atoms with van der Waals surface area (Å²) in [6.45, 7) is 13.1. The topological polar surface area (TPSA) is 26.8 Å². The molecule has 1 unspecified atom stereocenters. The van der Waals surface area contributed by atoms with Crippen LogP contribution >= 0.6 is 0 Å². The normalized spacial score (nSPS) is 26.6. The Kier molecular flexibility index (Phi) is 5.64. The summed E-state index contributed by atoms with van der Waals surface area (Å²) in [5.41, 5.74) is 0. The minimum atomic E-state index is 0.365. The molecular formula is C15H29N3O. The van der Waals surface area contributed by atoms with Crippen LogP contribution in [0.1, 0.15) is 33.1 Å². The van der Waals surface area contributed by atoms with Crippen molar-refractivity contribution in [3.63, 3.8) is 0 Å². The number of hydrogen-bond donors (Lipinski definition) is 0. The van der Waals surface area contributed by atoms with Gasteiger partial charge >= 0.3 is 0 Å². The third-order valence-electron chi connectivity index (χ3n) is 4.56. The quantitative estimate of drug-likeness (QED) is 0.767. The van der Waals surface area contributed by atoms with Gasteiger partial charge in [-0.05, 0) is 25.3 Å². The molecule has 0 bridgehead atoms. The molecule has 0 saturated carbocycles. The summed E-state index contributed by atoms with van der Waals surface area (Å²) in [4.78, 5) is 19.2. The molecule has 0 aromatic heterocycles. The van der Waals surface area contributed by atoms with Crippen LogP contribution in [0.5, 0.6) is 0 Å². The minimum absolute atomic E-state index is 0.365. The summed E-state index contributed by atoms with van der Waals surface area (Å²) in [5, 5.41) is 0. The predicted octanol–water partition coefficient (Wildman–Crippen LogP) is 1.27. The Hall–Kier alpha value is -0.610. The average molecular weight is 267 g/mol. The monoisotopic (exact) mass is 267 g/mol. The summed E-state index contributed by atoms with van der Waals surface area (Å²) in [6.07, 6.45) is 3.17. The Balaban J connectivity index is 1.66. The van der Waals surface area contributed by atoms with Crippen LogP contribution in [0.15, 0.2) is 0 Å². The Morgan fingerprint density at radius 2 is 1.79 bits per heavy atom. The summed E-state index contributed by atoms with van der Waals surface area (Å²) in [5.74, 6) is 1.05. The van der Waals surface area contributed by atoms with E-state index in [-0.39, 0.29) is 0 Å². The molecule has 0 radical (unpaired) electrons. The van der Waals surface area contributed by atoms with E-state index >= 15 is 0 Å². The van der Waals surface area contributed by atoms with E-state index in [4.69, 9.17) is 0 Å². The molecule has 2 aliphatic rings. The van der Waals surface area contributed by atoms with Crippen LogP contribution in [0.4, 0.5) is 0 Å². The minimum Gasteiger partial charge on any atom is -0.342 e. The van der Waals surface area contributed by atoms with Crippen LogP contribution in [-0.4, -0.2) is 73.0 Å². The number of piperidine rings is 1. The van der Waals surface area contributed by atoms with E-state index in [2.05, 4.69) is 28.5 Å². The van der Waals surface area contributed by atoms with Gasteiger partial charge < -0.3 is 14.7 Å². The molecule has 2 saturated heterocycles. The van der Waals surface area contributed by atoms with Gasteiger partial charge in [-0.15, -0.1) is 0 Å². The fourth-order valence-electron chi connectivity index (χ4n) is 3.16. The Labute approximate surface area is 117 Å². The molecule has 110 valence electrons. The van der Waals surface area contributed by atoms with Crippen LogP contribution < -0.4 is 0 Å². The number of piperazine rings is 1. The molecule has 0 spiro atoms. The second kappa shape index (κ2) is 7.25. The average Bonchev–Trinajstić information content (AvgIpc) is 2.45. The molecule has 0 aromatic carbocycles. The van der Waals surface area contributed by atoms with Gasteiger partial charge in [0.15, 0.2) is 0 Å². The Bertz CT molecular complexity index is 287. The zero-order valence-electron chi connectivity index (χ0n) is 12.6. The highest BCUT2D eigenvalue weighted by atomic mass is 16.2. The standard InChI is InChI=1S/C15H29N3O/c1-3-16-9-11-17(12-10-16)8-6-15(19)18-7-4-5-14(2)13-18/h14H,3-13H2,1-2H3. The van der Waals surface area contributed by atoms with E-state index < -0.39 is 0 Å². The second-order valence-electron chi connectivity index (χ2n) is 6.11. The van der Waals surface area contributed by atoms with Crippen molar-refractivity contribution in [2.75, 3.05) is 52.4 Å². The van der Waals surface area contributed by atoms with Crippen molar-refractivity contribution in [3.05, 3.63) is 0 Å². The van der Waals surface area contributed by atoms with Crippen molar-refractivity contribution in [1.82, 2.24) is 14.7 Å². The first kappa shape index (κ1) is 14.8. The Morgan fingerprint density at radius 1 is 1.11 bits per heavy atom. The van der Waals surface area contributed by atoms with Gasteiger partial charge in [0.05, 0.1) is 0 Å². The predicted molar refractivity (Wildman–Crippen MR) is 78.1 cm³/mol. The Morgan fingerprint density at radius 3 is 2.42 bits per heavy atom. The molecule has 0 aliphatic carbocycles. The van der Waals surface area contributed by atoms with Crippen molar-refractivity contribution < 1.29 is 4.79 Å². The van der Waals surface area contributed by atoms with Crippen molar-refractivity contribution in [2.24, 2.45) is 5.92 Å². The lowest BCUT2D eigenvalue weighted by molar-refractivity contribution is -0.133. The molecule has 2 fully saturated rings. The van der Waals surface area contributed by atoms with Gasteiger partial charge in [0, 0.05) is 52.2 Å². The lowest BCUT2D eigenvalue weighted by Gasteiger charge is -2.35. The van der Waals surface area contributed by atoms with Crippen molar-refractivity contribution in [1.29, 1.82) is 0 Å². The molecule has 2 heterocycles. The summed E-state index contributed by atoms with van der Waals surface area (Å²) >= 11 is 0. The highest BCUT2D eigenvalue weighted by Gasteiger charge is 2.22. The maximum atomic E-state index is 12.2. The van der Waals surface area contributed by atoms with E-state index in [1.165, 1.54) is 12.8 Å². The lowest BCUT2D eigenvalue weighted by atomic mass is 10.00. The first-order valence-corrected chi connectivity index (χ1v) is 7.91. The zero-order valence-corrected chi connectivity index (χ0v) is 12.6. The smallest absolute Gasteiger partial charge is 0.223 e. The molecule has 1 atom stereocenters. The van der Waals surface area contributed by atoms with Gasteiger partial charge in [0.2, 0.25) is 5.91 Å². The highest BCUT2D eigenvalue weighted by Crippen LogP contribution is 2.16. The molecule has 4 nitrogen and oxygen atoms in total. The lowest BCUT2D eigenvalue weighted by Crippen LogP contribution is -2.47.